The molecule has 0 heterocycles. The number of hydrogen-bond donors (Lipinski definition) is 1. The van der Waals surface area contributed by atoms with Gasteiger partial charge in [-0.25, -0.2) is 12.8 Å². The van der Waals surface area contributed by atoms with Crippen LogP contribution in [0.5, 0.6) is 0 Å². The average Bonchev–Trinajstić information content (AvgIpc) is 2.36. The maximum Gasteiger partial charge on any atom is 0.324 e. The van der Waals surface area contributed by atoms with Crippen LogP contribution in [0.4, 0.5) is 10.1 Å². The molecule has 0 unspecified atom stereocenters. The zero-order valence-corrected chi connectivity index (χ0v) is 12.2. The standard InChI is InChI=1S/C11H13FN2O6S/c1-11(2,10(15)16)13(3)21(19,20)9-5-4-7(14(17)18)6-8(9)12/h4-6H,1-3H3,(H,15,16). The Morgan fingerprint density at radius 3 is 2.33 bits per heavy atom. The Hall–Kier alpha value is -2.07. The first-order chi connectivity index (χ1) is 9.42. The van der Waals surface area contributed by atoms with Gasteiger partial charge in [0.25, 0.3) is 5.69 Å². The van der Waals surface area contributed by atoms with Crippen molar-refractivity contribution >= 4 is 21.7 Å². The van der Waals surface area contributed by atoms with Gasteiger partial charge in [0.2, 0.25) is 10.0 Å². The number of benzene rings is 1. The molecule has 0 saturated heterocycles. The van der Waals surface area contributed by atoms with Crippen LogP contribution in [0, 0.1) is 15.9 Å². The van der Waals surface area contributed by atoms with Crippen molar-refractivity contribution in [3.8, 4) is 0 Å². The van der Waals surface area contributed by atoms with Gasteiger partial charge >= 0.3 is 5.97 Å². The fourth-order valence-electron chi connectivity index (χ4n) is 1.40. The van der Waals surface area contributed by atoms with E-state index in [9.17, 15) is 27.7 Å². The summed E-state index contributed by atoms with van der Waals surface area (Å²) < 4.78 is 38.8. The molecule has 0 aliphatic rings. The molecule has 10 heteroatoms. The fraction of sp³-hybridized carbons (Fsp3) is 0.364. The lowest BCUT2D eigenvalue weighted by Crippen LogP contribution is -2.50. The lowest BCUT2D eigenvalue weighted by molar-refractivity contribution is -0.385. The lowest BCUT2D eigenvalue weighted by atomic mass is 10.1. The highest BCUT2D eigenvalue weighted by Gasteiger charge is 2.41. The van der Waals surface area contributed by atoms with Crippen molar-refractivity contribution in [2.45, 2.75) is 24.3 Å². The highest BCUT2D eigenvalue weighted by atomic mass is 32.2. The second kappa shape index (κ2) is 5.37. The predicted octanol–water partition coefficient (Wildman–Crippen LogP) is 1.22. The SMILES string of the molecule is CN(C(C)(C)C(=O)O)S(=O)(=O)c1ccc([N+](=O)[O-])cc1F. The molecule has 0 atom stereocenters. The number of nitro benzene ring substituents is 1. The van der Waals surface area contributed by atoms with Gasteiger partial charge in [-0.15, -0.1) is 0 Å². The van der Waals surface area contributed by atoms with E-state index in [1.54, 1.807) is 0 Å². The number of sulfonamides is 1. The minimum Gasteiger partial charge on any atom is -0.480 e. The van der Waals surface area contributed by atoms with Crippen molar-refractivity contribution in [1.82, 2.24) is 4.31 Å². The van der Waals surface area contributed by atoms with Crippen LogP contribution in [0.15, 0.2) is 23.1 Å². The number of carbonyl (C=O) groups is 1. The highest BCUT2D eigenvalue weighted by Crippen LogP contribution is 2.27. The Morgan fingerprint density at radius 2 is 1.95 bits per heavy atom. The summed E-state index contributed by atoms with van der Waals surface area (Å²) in [7, 11) is -3.47. The molecule has 0 saturated carbocycles. The number of hydrogen-bond acceptors (Lipinski definition) is 5. The van der Waals surface area contributed by atoms with E-state index in [2.05, 4.69) is 0 Å². The first-order valence-corrected chi connectivity index (χ1v) is 7.02. The van der Waals surface area contributed by atoms with Gasteiger partial charge in [-0.05, 0) is 19.9 Å². The van der Waals surface area contributed by atoms with Crippen molar-refractivity contribution in [1.29, 1.82) is 0 Å². The average molecular weight is 320 g/mol. The molecule has 1 aromatic rings. The molecule has 1 aromatic carbocycles. The van der Waals surface area contributed by atoms with Crippen molar-refractivity contribution in [2.24, 2.45) is 0 Å². The topological polar surface area (TPSA) is 118 Å². The van der Waals surface area contributed by atoms with Gasteiger partial charge in [-0.2, -0.15) is 4.31 Å². The van der Waals surface area contributed by atoms with Gasteiger partial charge in [-0.3, -0.25) is 14.9 Å². The van der Waals surface area contributed by atoms with Crippen LogP contribution in [0.25, 0.3) is 0 Å². The molecular formula is C11H13FN2O6S. The Labute approximate surface area is 120 Å². The van der Waals surface area contributed by atoms with Crippen molar-refractivity contribution in [2.75, 3.05) is 7.05 Å². The minimum absolute atomic E-state index is 0.467. The predicted molar refractivity (Wildman–Crippen MR) is 69.7 cm³/mol. The van der Waals surface area contributed by atoms with Crippen LogP contribution >= 0.6 is 0 Å². The van der Waals surface area contributed by atoms with Gasteiger partial charge in [0.1, 0.15) is 16.3 Å². The summed E-state index contributed by atoms with van der Waals surface area (Å²) in [5.74, 6) is -2.74. The van der Waals surface area contributed by atoms with Gasteiger partial charge in [0.05, 0.1) is 11.0 Å². The molecular weight excluding hydrogens is 307 g/mol. The quantitative estimate of drug-likeness (QED) is 0.643. The molecule has 21 heavy (non-hydrogen) atoms. The summed E-state index contributed by atoms with van der Waals surface area (Å²) in [5.41, 5.74) is -2.42. The Kier molecular flexibility index (Phi) is 4.34. The highest BCUT2D eigenvalue weighted by molar-refractivity contribution is 7.89. The van der Waals surface area contributed by atoms with E-state index in [0.717, 1.165) is 33.0 Å². The third kappa shape index (κ3) is 3.00. The zero-order chi connectivity index (χ0) is 16.6. The van der Waals surface area contributed by atoms with E-state index in [-0.39, 0.29) is 0 Å². The van der Waals surface area contributed by atoms with Crippen LogP contribution in [0.3, 0.4) is 0 Å². The summed E-state index contributed by atoms with van der Waals surface area (Å²) >= 11 is 0. The van der Waals surface area contributed by atoms with E-state index in [1.807, 2.05) is 0 Å². The van der Waals surface area contributed by atoms with Crippen LogP contribution < -0.4 is 0 Å². The number of non-ortho nitro benzene ring substituents is 1. The summed E-state index contributed by atoms with van der Waals surface area (Å²) in [6, 6.07) is 2.03. The van der Waals surface area contributed by atoms with E-state index < -0.39 is 42.9 Å². The number of nitrogens with zero attached hydrogens (tertiary/aromatic N) is 2. The normalized spacial score (nSPS) is 12.4. The largest absolute Gasteiger partial charge is 0.480 e. The Bertz CT molecular complexity index is 701. The Morgan fingerprint density at radius 1 is 1.43 bits per heavy atom. The number of aliphatic carboxylic acids is 1. The molecule has 0 amide bonds. The van der Waals surface area contributed by atoms with Crippen LogP contribution in [-0.2, 0) is 14.8 Å². The number of nitro groups is 1. The molecule has 0 aliphatic carbocycles. The molecule has 0 spiro atoms. The maximum atomic E-state index is 13.8. The van der Waals surface area contributed by atoms with E-state index in [1.165, 1.54) is 0 Å². The number of carboxylic acids is 1. The smallest absolute Gasteiger partial charge is 0.324 e. The third-order valence-corrected chi connectivity index (χ3v) is 5.14. The van der Waals surface area contributed by atoms with E-state index in [4.69, 9.17) is 5.11 Å². The molecule has 1 rings (SSSR count). The second-order valence-electron chi connectivity index (χ2n) is 4.71. The van der Waals surface area contributed by atoms with Gasteiger partial charge in [0, 0.05) is 13.1 Å². The molecule has 116 valence electrons. The van der Waals surface area contributed by atoms with Crippen LogP contribution in [-0.4, -0.2) is 41.3 Å². The van der Waals surface area contributed by atoms with Gasteiger partial charge < -0.3 is 5.11 Å². The van der Waals surface area contributed by atoms with E-state index in [0.29, 0.717) is 10.4 Å². The summed E-state index contributed by atoms with van der Waals surface area (Å²) in [5, 5.41) is 19.5. The summed E-state index contributed by atoms with van der Waals surface area (Å²) in [4.78, 5) is 19.9. The fourth-order valence-corrected chi connectivity index (χ4v) is 2.91. The lowest BCUT2D eigenvalue weighted by Gasteiger charge is -2.30. The monoisotopic (exact) mass is 320 g/mol. The molecule has 0 aliphatic heterocycles. The number of halogens is 1. The second-order valence-corrected chi connectivity index (χ2v) is 6.65. The summed E-state index contributed by atoms with van der Waals surface area (Å²) in [6.45, 7) is 2.27. The van der Waals surface area contributed by atoms with Gasteiger partial charge in [0.15, 0.2) is 0 Å². The van der Waals surface area contributed by atoms with Crippen molar-refractivity contribution < 1.29 is 27.6 Å². The molecule has 0 bridgehead atoms. The third-order valence-electron chi connectivity index (χ3n) is 3.08. The number of rotatable bonds is 5. The zero-order valence-electron chi connectivity index (χ0n) is 11.4. The van der Waals surface area contributed by atoms with E-state index >= 15 is 0 Å². The first-order valence-electron chi connectivity index (χ1n) is 5.58. The number of likely N-dealkylation sites (N-methyl/N-ethyl adjacent to an activating group) is 1. The molecule has 1 N–H and O–H groups in total. The van der Waals surface area contributed by atoms with Crippen LogP contribution in [0.2, 0.25) is 0 Å². The number of carboxylic acid groups (broad SMARTS) is 1. The molecule has 0 aromatic heterocycles. The molecule has 8 nitrogen and oxygen atoms in total. The van der Waals surface area contributed by atoms with Crippen molar-refractivity contribution in [3.05, 3.63) is 34.1 Å². The molecule has 0 fully saturated rings. The van der Waals surface area contributed by atoms with Crippen molar-refractivity contribution in [3.63, 3.8) is 0 Å². The summed E-state index contributed by atoms with van der Waals surface area (Å²) in [6.07, 6.45) is 0. The first kappa shape index (κ1) is 17.0. The minimum atomic E-state index is -4.46. The van der Waals surface area contributed by atoms with Gasteiger partial charge in [-0.1, -0.05) is 0 Å². The molecule has 0 radical (unpaired) electrons. The Balaban J connectivity index is 3.39. The van der Waals surface area contributed by atoms with Crippen LogP contribution in [0.1, 0.15) is 13.8 Å². The maximum absolute atomic E-state index is 13.8.